The Morgan fingerprint density at radius 3 is 2.45 bits per heavy atom. The molecule has 67 valence electrons. The number of hydrogen-bond acceptors (Lipinski definition) is 2. The van der Waals surface area contributed by atoms with E-state index in [0.29, 0.717) is 13.2 Å². The molecule has 0 aliphatic rings. The van der Waals surface area contributed by atoms with Crippen LogP contribution in [0.2, 0.25) is 0 Å². The molecular weight excluding hydrogens is 142 g/mol. The van der Waals surface area contributed by atoms with Crippen molar-refractivity contribution in [3.05, 3.63) is 0 Å². The molecule has 0 aromatic rings. The van der Waals surface area contributed by atoms with Gasteiger partial charge in [-0.3, -0.25) is 5.73 Å². The first-order valence-corrected chi connectivity index (χ1v) is 4.22. The fourth-order valence-corrected chi connectivity index (χ4v) is 0.711. The number of ether oxygens (including phenoxy) is 2. The van der Waals surface area contributed by atoms with Crippen LogP contribution in [0.1, 0.15) is 26.7 Å². The minimum Gasteiger partial charge on any atom is -0.352 e. The summed E-state index contributed by atoms with van der Waals surface area (Å²) in [6.45, 7) is 5.54. The van der Waals surface area contributed by atoms with E-state index in [9.17, 15) is 0 Å². The molecule has 1 unspecified atom stereocenters. The van der Waals surface area contributed by atoms with Crippen LogP contribution >= 0.6 is 0 Å². The van der Waals surface area contributed by atoms with Crippen molar-refractivity contribution in [2.75, 3.05) is 19.8 Å². The Kier molecular flexibility index (Phi) is 7.89. The van der Waals surface area contributed by atoms with Crippen LogP contribution < -0.4 is 5.73 Å². The molecule has 0 aliphatic heterocycles. The first-order chi connectivity index (χ1) is 5.35. The Morgan fingerprint density at radius 2 is 2.00 bits per heavy atom. The van der Waals surface area contributed by atoms with Crippen LogP contribution in [0.15, 0.2) is 0 Å². The second-order valence-corrected chi connectivity index (χ2v) is 2.31. The van der Waals surface area contributed by atoms with Gasteiger partial charge in [0, 0.05) is 13.2 Å². The molecule has 3 nitrogen and oxygen atoms in total. The molecule has 0 aliphatic carbocycles. The molecule has 0 saturated carbocycles. The van der Waals surface area contributed by atoms with Gasteiger partial charge in [-0.1, -0.05) is 13.3 Å². The van der Waals surface area contributed by atoms with Crippen molar-refractivity contribution < 1.29 is 9.47 Å². The molecule has 0 spiro atoms. The van der Waals surface area contributed by atoms with E-state index in [1.54, 1.807) is 0 Å². The molecule has 0 amide bonds. The number of rotatable bonds is 7. The quantitative estimate of drug-likeness (QED) is 0.418. The summed E-state index contributed by atoms with van der Waals surface area (Å²) in [6, 6.07) is 0. The van der Waals surface area contributed by atoms with Crippen LogP contribution in [-0.2, 0) is 9.47 Å². The van der Waals surface area contributed by atoms with Crippen LogP contribution in [0.5, 0.6) is 0 Å². The van der Waals surface area contributed by atoms with Gasteiger partial charge in [0.2, 0.25) is 0 Å². The van der Waals surface area contributed by atoms with E-state index in [-0.39, 0.29) is 12.8 Å². The lowest BCUT2D eigenvalue weighted by Crippen LogP contribution is -2.22. The van der Waals surface area contributed by atoms with Crippen molar-refractivity contribution in [3.63, 3.8) is 0 Å². The van der Waals surface area contributed by atoms with Gasteiger partial charge in [-0.25, -0.2) is 0 Å². The highest BCUT2D eigenvalue weighted by Gasteiger charge is 2.04. The van der Waals surface area contributed by atoms with Gasteiger partial charge in [0.15, 0.2) is 6.29 Å². The van der Waals surface area contributed by atoms with Crippen LogP contribution in [0.4, 0.5) is 0 Å². The summed E-state index contributed by atoms with van der Waals surface area (Å²) < 4.78 is 10.4. The zero-order chi connectivity index (χ0) is 8.53. The molecule has 11 heavy (non-hydrogen) atoms. The van der Waals surface area contributed by atoms with Crippen LogP contribution in [0, 0.1) is 0 Å². The van der Waals surface area contributed by atoms with E-state index in [0.717, 1.165) is 12.8 Å². The number of hydrogen-bond donors (Lipinski definition) is 0. The summed E-state index contributed by atoms with van der Waals surface area (Å²) in [5.74, 6) is 0. The summed E-state index contributed by atoms with van der Waals surface area (Å²) in [5, 5.41) is 0. The maximum atomic E-state index is 7.05. The summed E-state index contributed by atoms with van der Waals surface area (Å²) >= 11 is 0. The summed E-state index contributed by atoms with van der Waals surface area (Å²) in [5.41, 5.74) is 7.05. The van der Waals surface area contributed by atoms with Crippen molar-refractivity contribution >= 4 is 0 Å². The minimum absolute atomic E-state index is 0.192. The van der Waals surface area contributed by atoms with Gasteiger partial charge >= 0.3 is 0 Å². The number of unbranched alkanes of at least 4 members (excludes halogenated alkanes) is 1. The van der Waals surface area contributed by atoms with Crippen molar-refractivity contribution in [2.45, 2.75) is 33.0 Å². The molecule has 0 bridgehead atoms. The van der Waals surface area contributed by atoms with E-state index in [2.05, 4.69) is 6.92 Å². The monoisotopic (exact) mass is 160 g/mol. The van der Waals surface area contributed by atoms with Crippen molar-refractivity contribution in [3.8, 4) is 0 Å². The summed E-state index contributed by atoms with van der Waals surface area (Å²) in [7, 11) is 0. The smallest absolute Gasteiger partial charge is 0.171 e. The van der Waals surface area contributed by atoms with E-state index >= 15 is 0 Å². The zero-order valence-corrected chi connectivity index (χ0v) is 7.43. The average Bonchev–Trinajstić information content (AvgIpc) is 2.03. The highest BCUT2D eigenvalue weighted by molar-refractivity contribution is 4.43. The molecule has 0 rings (SSSR count). The maximum absolute atomic E-state index is 7.05. The predicted molar refractivity (Wildman–Crippen MR) is 44.2 cm³/mol. The summed E-state index contributed by atoms with van der Waals surface area (Å²) in [6.07, 6.45) is 1.85. The zero-order valence-electron chi connectivity index (χ0n) is 7.43. The molecule has 1 atom stereocenters. The van der Waals surface area contributed by atoms with Crippen LogP contribution in [-0.4, -0.2) is 26.0 Å². The third kappa shape index (κ3) is 6.28. The lowest BCUT2D eigenvalue weighted by Gasteiger charge is -2.14. The van der Waals surface area contributed by atoms with Crippen molar-refractivity contribution in [1.29, 1.82) is 0 Å². The number of nitrogens with one attached hydrogen (secondary N) is 1. The van der Waals surface area contributed by atoms with Gasteiger partial charge in [-0.05, 0) is 13.3 Å². The molecule has 1 radical (unpaired) electrons. The highest BCUT2D eigenvalue weighted by Crippen LogP contribution is 1.96. The van der Waals surface area contributed by atoms with E-state index in [1.165, 1.54) is 0 Å². The second kappa shape index (κ2) is 7.98. The topological polar surface area (TPSA) is 42.3 Å². The molecule has 0 saturated heterocycles. The van der Waals surface area contributed by atoms with E-state index in [1.807, 2.05) is 6.92 Å². The molecule has 3 heteroatoms. The van der Waals surface area contributed by atoms with Gasteiger partial charge < -0.3 is 9.47 Å². The van der Waals surface area contributed by atoms with Gasteiger partial charge in [0.1, 0.15) is 0 Å². The fraction of sp³-hybridized carbons (Fsp3) is 1.00. The van der Waals surface area contributed by atoms with E-state index in [4.69, 9.17) is 15.2 Å². The Labute approximate surface area is 68.9 Å². The van der Waals surface area contributed by atoms with Crippen LogP contribution in [0.3, 0.4) is 0 Å². The average molecular weight is 160 g/mol. The van der Waals surface area contributed by atoms with Crippen molar-refractivity contribution in [2.24, 2.45) is 0 Å². The first-order valence-electron chi connectivity index (χ1n) is 4.22. The van der Waals surface area contributed by atoms with Gasteiger partial charge in [0.05, 0.1) is 6.54 Å². The van der Waals surface area contributed by atoms with Crippen molar-refractivity contribution in [1.82, 2.24) is 5.73 Å². The van der Waals surface area contributed by atoms with E-state index < -0.39 is 0 Å². The molecule has 0 aromatic heterocycles. The normalized spacial score (nSPS) is 13.4. The standard InChI is InChI=1S/C8H18NO2/c1-3-5-6-11-8(7-9)10-4-2/h8-9H,3-7H2,1-2H3. The predicted octanol–water partition coefficient (Wildman–Crippen LogP) is 1.45. The summed E-state index contributed by atoms with van der Waals surface area (Å²) in [4.78, 5) is 0. The maximum Gasteiger partial charge on any atom is 0.171 e. The SMILES string of the molecule is CCCCOC(C[NH])OCC. The van der Waals surface area contributed by atoms with Crippen LogP contribution in [0.25, 0.3) is 0 Å². The Bertz CT molecular complexity index is 78.5. The first kappa shape index (κ1) is 10.9. The van der Waals surface area contributed by atoms with Gasteiger partial charge in [-0.15, -0.1) is 0 Å². The highest BCUT2D eigenvalue weighted by atomic mass is 16.7. The largest absolute Gasteiger partial charge is 0.352 e. The minimum atomic E-state index is -0.313. The third-order valence-corrected chi connectivity index (χ3v) is 1.32. The Morgan fingerprint density at radius 1 is 1.27 bits per heavy atom. The lowest BCUT2D eigenvalue weighted by atomic mass is 10.4. The third-order valence-electron chi connectivity index (χ3n) is 1.32. The Balaban J connectivity index is 3.20. The van der Waals surface area contributed by atoms with Gasteiger partial charge in [-0.2, -0.15) is 0 Å². The molecule has 0 aromatic carbocycles. The molecular formula is C8H18NO2. The molecule has 1 N–H and O–H groups in total. The molecule has 0 heterocycles. The molecule has 0 fully saturated rings. The Hall–Kier alpha value is -0.120. The van der Waals surface area contributed by atoms with Gasteiger partial charge in [0.25, 0.3) is 0 Å². The second-order valence-electron chi connectivity index (χ2n) is 2.31. The lowest BCUT2D eigenvalue weighted by molar-refractivity contribution is -0.133. The fourth-order valence-electron chi connectivity index (χ4n) is 0.711.